The molecule has 1 rings (SSSR count). The lowest BCUT2D eigenvalue weighted by Crippen LogP contribution is -2.47. The first-order chi connectivity index (χ1) is 13.5. The quantitative estimate of drug-likeness (QED) is 0.247. The zero-order valence-electron chi connectivity index (χ0n) is 19.1. The smallest absolute Gasteiger partial charge is 0.351 e. The minimum Gasteiger partial charge on any atom is -0.547 e. The fourth-order valence-electron chi connectivity index (χ4n) is 3.51. The molecule has 0 heterocycles. The summed E-state index contributed by atoms with van der Waals surface area (Å²) in [6, 6.07) is 0. The molecule has 0 radical (unpaired) electrons. The molecular weight excluding hydrogens is 434 g/mol. The molecule has 0 aromatic carbocycles. The largest absolute Gasteiger partial charge is 0.547 e. The van der Waals surface area contributed by atoms with Gasteiger partial charge in [-0.1, -0.05) is 0 Å². The van der Waals surface area contributed by atoms with Gasteiger partial charge in [-0.3, -0.25) is 9.13 Å². The van der Waals surface area contributed by atoms with E-state index in [0.29, 0.717) is 6.42 Å². The van der Waals surface area contributed by atoms with Gasteiger partial charge < -0.3 is 27.3 Å². The van der Waals surface area contributed by atoms with Crippen molar-refractivity contribution >= 4 is 23.5 Å². The van der Waals surface area contributed by atoms with E-state index in [4.69, 9.17) is 27.3 Å². The van der Waals surface area contributed by atoms with Crippen LogP contribution in [-0.4, -0.2) is 52.9 Å². The third-order valence-electron chi connectivity index (χ3n) is 4.37. The molecule has 29 heavy (non-hydrogen) atoms. The summed E-state index contributed by atoms with van der Waals surface area (Å²) < 4.78 is 62.8. The molecular formula is C18H38O8P2Si. The van der Waals surface area contributed by atoms with Crippen LogP contribution in [-0.2, 0) is 36.4 Å². The highest BCUT2D eigenvalue weighted by atomic mass is 31.2. The molecule has 0 aliphatic heterocycles. The molecule has 0 aromatic rings. The molecule has 8 nitrogen and oxygen atoms in total. The minimum absolute atomic E-state index is 0.121. The van der Waals surface area contributed by atoms with E-state index in [1.165, 1.54) is 7.11 Å². The second kappa shape index (κ2) is 11.1. The Labute approximate surface area is 176 Å². The Morgan fingerprint density at radius 1 is 0.931 bits per heavy atom. The third kappa shape index (κ3) is 5.83. The molecule has 172 valence electrons. The van der Waals surface area contributed by atoms with Crippen molar-refractivity contribution in [3.05, 3.63) is 11.8 Å². The van der Waals surface area contributed by atoms with Crippen molar-refractivity contribution in [2.24, 2.45) is 0 Å². The normalized spacial score (nSPS) is 20.4. The van der Waals surface area contributed by atoms with Crippen molar-refractivity contribution in [1.29, 1.82) is 0 Å². The number of rotatable bonds is 13. The van der Waals surface area contributed by atoms with Crippen molar-refractivity contribution in [2.45, 2.75) is 71.2 Å². The fraction of sp³-hybridized carbons (Fsp3) is 0.889. The number of ether oxygens (including phenoxy) is 1. The highest BCUT2D eigenvalue weighted by Crippen LogP contribution is 2.81. The van der Waals surface area contributed by atoms with E-state index in [2.05, 4.69) is 19.6 Å². The molecule has 1 aliphatic carbocycles. The molecule has 1 atom stereocenters. The number of allylic oxidation sites excluding steroid dienone is 1. The first-order valence-corrected chi connectivity index (χ1v) is 16.7. The average molecular weight is 473 g/mol. The molecule has 0 saturated carbocycles. The lowest BCUT2D eigenvalue weighted by molar-refractivity contribution is 0.0734. The van der Waals surface area contributed by atoms with Crippen LogP contribution in [0.4, 0.5) is 0 Å². The Balaban J connectivity index is 3.72. The summed E-state index contributed by atoms with van der Waals surface area (Å²) in [7, 11) is -8.37. The Bertz CT molecular complexity index is 596. The van der Waals surface area contributed by atoms with Gasteiger partial charge >= 0.3 is 15.2 Å². The molecule has 0 amide bonds. The van der Waals surface area contributed by atoms with Gasteiger partial charge in [0, 0.05) is 13.5 Å². The van der Waals surface area contributed by atoms with Gasteiger partial charge in [0.2, 0.25) is 13.2 Å². The van der Waals surface area contributed by atoms with Crippen LogP contribution >= 0.6 is 15.2 Å². The van der Waals surface area contributed by atoms with E-state index in [1.54, 1.807) is 33.8 Å². The zero-order chi connectivity index (χ0) is 22.3. The van der Waals surface area contributed by atoms with Crippen LogP contribution in [0.1, 0.15) is 40.5 Å². The molecule has 1 unspecified atom stereocenters. The Morgan fingerprint density at radius 2 is 1.34 bits per heavy atom. The average Bonchev–Trinajstić information content (AvgIpc) is 2.60. The fourth-order valence-corrected chi connectivity index (χ4v) is 10.5. The summed E-state index contributed by atoms with van der Waals surface area (Å²) in [6.45, 7) is 13.6. The van der Waals surface area contributed by atoms with Crippen LogP contribution in [0.25, 0.3) is 0 Å². The van der Waals surface area contributed by atoms with Crippen LogP contribution < -0.4 is 0 Å². The van der Waals surface area contributed by atoms with Crippen molar-refractivity contribution < 1.29 is 36.4 Å². The molecule has 11 heteroatoms. The van der Waals surface area contributed by atoms with E-state index in [-0.39, 0.29) is 32.8 Å². The maximum absolute atomic E-state index is 14.1. The van der Waals surface area contributed by atoms with Crippen LogP contribution in [0.2, 0.25) is 19.6 Å². The van der Waals surface area contributed by atoms with Crippen molar-refractivity contribution in [2.75, 3.05) is 33.5 Å². The van der Waals surface area contributed by atoms with E-state index >= 15 is 0 Å². The standard InChI is InChI=1S/C18H38O8P2Si/c1-9-22-27(19,23-10-2)18(28(20,24-11-3)25-12-4)14-13-16(15-17(18)21-5)26-29(6,7)8/h15,17H,9-14H2,1-8H3. The van der Waals surface area contributed by atoms with Gasteiger partial charge in [-0.2, -0.15) is 0 Å². The predicted molar refractivity (Wildman–Crippen MR) is 117 cm³/mol. The summed E-state index contributed by atoms with van der Waals surface area (Å²) in [5.41, 5.74) is 0. The maximum Gasteiger partial charge on any atom is 0.351 e. The second-order valence-corrected chi connectivity index (χ2v) is 16.9. The molecule has 0 saturated heterocycles. The van der Waals surface area contributed by atoms with Gasteiger partial charge in [0.15, 0.2) is 0 Å². The molecule has 0 aromatic heterocycles. The Hall–Kier alpha value is 0.0169. The monoisotopic (exact) mass is 472 g/mol. The van der Waals surface area contributed by atoms with Crippen LogP contribution in [0, 0.1) is 0 Å². The van der Waals surface area contributed by atoms with Crippen LogP contribution in [0.5, 0.6) is 0 Å². The van der Waals surface area contributed by atoms with E-state index < -0.39 is 34.5 Å². The second-order valence-electron chi connectivity index (χ2n) is 7.55. The van der Waals surface area contributed by atoms with Gasteiger partial charge in [0.05, 0.1) is 32.2 Å². The number of methoxy groups -OCH3 is 1. The van der Waals surface area contributed by atoms with Crippen molar-refractivity contribution in [3.8, 4) is 0 Å². The zero-order valence-corrected chi connectivity index (χ0v) is 21.8. The Kier molecular flexibility index (Phi) is 10.3. The van der Waals surface area contributed by atoms with Crippen molar-refractivity contribution in [3.63, 3.8) is 0 Å². The first-order valence-electron chi connectivity index (χ1n) is 10.2. The molecule has 0 N–H and O–H groups in total. The number of hydrogen-bond acceptors (Lipinski definition) is 8. The first kappa shape index (κ1) is 27.1. The lowest BCUT2D eigenvalue weighted by Gasteiger charge is -2.47. The summed E-state index contributed by atoms with van der Waals surface area (Å²) in [5.74, 6) is 0.728. The topological polar surface area (TPSA) is 89.5 Å². The highest BCUT2D eigenvalue weighted by Gasteiger charge is 2.70. The lowest BCUT2D eigenvalue weighted by atomic mass is 10.0. The van der Waals surface area contributed by atoms with Crippen LogP contribution in [0.3, 0.4) is 0 Å². The number of hydrogen-bond donors (Lipinski definition) is 0. The molecule has 0 fully saturated rings. The van der Waals surface area contributed by atoms with Gasteiger partial charge in [-0.05, 0) is 59.8 Å². The Morgan fingerprint density at radius 3 is 1.66 bits per heavy atom. The van der Waals surface area contributed by atoms with E-state index in [9.17, 15) is 9.13 Å². The molecule has 1 aliphatic rings. The predicted octanol–water partition coefficient (Wildman–Crippen LogP) is 5.76. The van der Waals surface area contributed by atoms with Crippen molar-refractivity contribution in [1.82, 2.24) is 0 Å². The maximum atomic E-state index is 14.1. The van der Waals surface area contributed by atoms with Crippen LogP contribution in [0.15, 0.2) is 11.8 Å². The summed E-state index contributed by atoms with van der Waals surface area (Å²) in [6.07, 6.45) is 1.40. The summed E-state index contributed by atoms with van der Waals surface area (Å²) >= 11 is 0. The van der Waals surface area contributed by atoms with Gasteiger partial charge in [0.1, 0.15) is 6.10 Å². The van der Waals surface area contributed by atoms with Gasteiger partial charge in [-0.15, -0.1) is 0 Å². The van der Waals surface area contributed by atoms with Gasteiger partial charge in [-0.25, -0.2) is 0 Å². The van der Waals surface area contributed by atoms with Gasteiger partial charge in [0.25, 0.3) is 0 Å². The van der Waals surface area contributed by atoms with E-state index in [0.717, 1.165) is 5.76 Å². The molecule has 0 bridgehead atoms. The minimum atomic E-state index is -3.98. The highest BCUT2D eigenvalue weighted by molar-refractivity contribution is 7.74. The molecule has 0 spiro atoms. The SMILES string of the molecule is CCOP(=O)(OCC)C1(P(=O)(OCC)OCC)CCC(O[Si](C)(C)C)=CC1OC. The summed E-state index contributed by atoms with van der Waals surface area (Å²) in [4.78, 5) is -1.63. The third-order valence-corrected chi connectivity index (χ3v) is 12.0. The van der Waals surface area contributed by atoms with E-state index in [1.807, 2.05) is 0 Å². The summed E-state index contributed by atoms with van der Waals surface area (Å²) in [5, 5.41) is 0.